The van der Waals surface area contributed by atoms with Gasteiger partial charge in [-0.3, -0.25) is 4.79 Å². The van der Waals surface area contributed by atoms with E-state index in [-0.39, 0.29) is 11.7 Å². The molecule has 0 unspecified atom stereocenters. The van der Waals surface area contributed by atoms with Gasteiger partial charge in [0.1, 0.15) is 10.7 Å². The molecule has 1 aromatic carbocycles. The number of aryl methyl sites for hydroxylation is 1. The van der Waals surface area contributed by atoms with Gasteiger partial charge in [0.15, 0.2) is 0 Å². The molecule has 0 bridgehead atoms. The third-order valence-corrected chi connectivity index (χ3v) is 3.67. The molecule has 0 atom stereocenters. The lowest BCUT2D eigenvalue weighted by molar-refractivity contribution is 0.0957. The summed E-state index contributed by atoms with van der Waals surface area (Å²) >= 11 is 1.34. The number of aromatic nitrogens is 1. The molecule has 0 saturated heterocycles. The van der Waals surface area contributed by atoms with Crippen molar-refractivity contribution in [3.8, 4) is 0 Å². The molecule has 0 saturated carbocycles. The van der Waals surface area contributed by atoms with Gasteiger partial charge in [0.25, 0.3) is 5.91 Å². The van der Waals surface area contributed by atoms with Crippen LogP contribution in [0, 0.1) is 12.7 Å². The Bertz CT molecular complexity index is 585. The topological polar surface area (TPSA) is 54.0 Å². The number of amides is 1. The summed E-state index contributed by atoms with van der Waals surface area (Å²) in [6.45, 7) is 3.06. The second-order valence-electron chi connectivity index (χ2n) is 4.31. The molecular formula is C14H16FN3OS. The number of nitrogens with one attached hydrogen (secondary N) is 2. The van der Waals surface area contributed by atoms with Crippen molar-refractivity contribution in [2.75, 3.05) is 18.4 Å². The van der Waals surface area contributed by atoms with E-state index < -0.39 is 0 Å². The van der Waals surface area contributed by atoms with Gasteiger partial charge in [0, 0.05) is 18.8 Å². The summed E-state index contributed by atoms with van der Waals surface area (Å²) in [5.41, 5.74) is 3.16. The SMILES string of the molecule is Cc1ncsc1C(=O)NCCCNc1cccc(F)c1. The average molecular weight is 293 g/mol. The van der Waals surface area contributed by atoms with E-state index in [1.807, 2.05) is 13.0 Å². The molecular weight excluding hydrogens is 277 g/mol. The molecule has 20 heavy (non-hydrogen) atoms. The molecule has 4 nitrogen and oxygen atoms in total. The highest BCUT2D eigenvalue weighted by Crippen LogP contribution is 2.11. The maximum Gasteiger partial charge on any atom is 0.263 e. The Morgan fingerprint density at radius 3 is 2.95 bits per heavy atom. The molecule has 2 aromatic rings. The van der Waals surface area contributed by atoms with Gasteiger partial charge in [-0.2, -0.15) is 0 Å². The van der Waals surface area contributed by atoms with Gasteiger partial charge in [-0.25, -0.2) is 9.37 Å². The normalized spacial score (nSPS) is 10.3. The van der Waals surface area contributed by atoms with Crippen LogP contribution >= 0.6 is 11.3 Å². The van der Waals surface area contributed by atoms with E-state index in [2.05, 4.69) is 15.6 Å². The summed E-state index contributed by atoms with van der Waals surface area (Å²) < 4.78 is 12.9. The fourth-order valence-corrected chi connectivity index (χ4v) is 2.44. The van der Waals surface area contributed by atoms with E-state index in [1.165, 1.54) is 23.5 Å². The van der Waals surface area contributed by atoms with Crippen LogP contribution in [0.2, 0.25) is 0 Å². The van der Waals surface area contributed by atoms with Crippen molar-refractivity contribution in [3.63, 3.8) is 0 Å². The first-order chi connectivity index (χ1) is 9.66. The Morgan fingerprint density at radius 1 is 1.40 bits per heavy atom. The van der Waals surface area contributed by atoms with Crippen LogP contribution in [0.4, 0.5) is 10.1 Å². The van der Waals surface area contributed by atoms with Crippen molar-refractivity contribution in [1.82, 2.24) is 10.3 Å². The molecule has 0 aliphatic rings. The molecule has 106 valence electrons. The molecule has 0 spiro atoms. The monoisotopic (exact) mass is 293 g/mol. The van der Waals surface area contributed by atoms with Gasteiger partial charge in [0.2, 0.25) is 0 Å². The molecule has 2 N–H and O–H groups in total. The lowest BCUT2D eigenvalue weighted by Gasteiger charge is -2.07. The molecule has 6 heteroatoms. The van der Waals surface area contributed by atoms with Crippen LogP contribution < -0.4 is 10.6 Å². The van der Waals surface area contributed by atoms with Crippen molar-refractivity contribution in [1.29, 1.82) is 0 Å². The number of carbonyl (C=O) groups is 1. The molecule has 0 fully saturated rings. The number of hydrogen-bond donors (Lipinski definition) is 2. The lowest BCUT2D eigenvalue weighted by atomic mass is 10.3. The van der Waals surface area contributed by atoms with E-state index in [9.17, 15) is 9.18 Å². The van der Waals surface area contributed by atoms with Crippen LogP contribution in [0.3, 0.4) is 0 Å². The summed E-state index contributed by atoms with van der Waals surface area (Å²) in [5.74, 6) is -0.347. The molecule has 1 aromatic heterocycles. The minimum absolute atomic E-state index is 0.0873. The lowest BCUT2D eigenvalue weighted by Crippen LogP contribution is -2.25. The minimum Gasteiger partial charge on any atom is -0.385 e. The van der Waals surface area contributed by atoms with Gasteiger partial charge < -0.3 is 10.6 Å². The third-order valence-electron chi connectivity index (χ3n) is 2.74. The van der Waals surface area contributed by atoms with Gasteiger partial charge in [-0.1, -0.05) is 6.07 Å². The van der Waals surface area contributed by atoms with E-state index in [1.54, 1.807) is 11.6 Å². The minimum atomic E-state index is -0.260. The number of hydrogen-bond acceptors (Lipinski definition) is 4. The molecule has 1 heterocycles. The van der Waals surface area contributed by atoms with Crippen molar-refractivity contribution in [2.24, 2.45) is 0 Å². The molecule has 0 radical (unpaired) electrons. The average Bonchev–Trinajstić information content (AvgIpc) is 2.84. The van der Waals surface area contributed by atoms with Crippen LogP contribution in [0.25, 0.3) is 0 Å². The maximum absolute atomic E-state index is 12.9. The maximum atomic E-state index is 12.9. The zero-order valence-corrected chi connectivity index (χ0v) is 12.0. The van der Waals surface area contributed by atoms with Crippen LogP contribution in [0.1, 0.15) is 21.8 Å². The highest BCUT2D eigenvalue weighted by atomic mass is 32.1. The predicted octanol–water partition coefficient (Wildman–Crippen LogP) is 2.82. The third kappa shape index (κ3) is 4.03. The van der Waals surface area contributed by atoms with E-state index in [0.717, 1.165) is 17.8 Å². The fraction of sp³-hybridized carbons (Fsp3) is 0.286. The first-order valence-corrected chi connectivity index (χ1v) is 7.22. The Hall–Kier alpha value is -1.95. The van der Waals surface area contributed by atoms with Crippen molar-refractivity contribution in [3.05, 3.63) is 46.2 Å². The number of rotatable bonds is 6. The van der Waals surface area contributed by atoms with Crippen LogP contribution in [0.5, 0.6) is 0 Å². The fourth-order valence-electron chi connectivity index (χ4n) is 1.72. The first kappa shape index (κ1) is 14.5. The summed E-state index contributed by atoms with van der Waals surface area (Å²) in [4.78, 5) is 16.5. The quantitative estimate of drug-likeness (QED) is 0.805. The van der Waals surface area contributed by atoms with Gasteiger partial charge in [-0.15, -0.1) is 11.3 Å². The van der Waals surface area contributed by atoms with Crippen molar-refractivity contribution in [2.45, 2.75) is 13.3 Å². The number of anilines is 1. The summed E-state index contributed by atoms with van der Waals surface area (Å²) in [6, 6.07) is 6.32. The van der Waals surface area contributed by atoms with Gasteiger partial charge in [-0.05, 0) is 31.5 Å². The zero-order chi connectivity index (χ0) is 14.4. The Kier molecular flexibility index (Phi) is 5.06. The summed E-state index contributed by atoms with van der Waals surface area (Å²) in [6.07, 6.45) is 0.764. The van der Waals surface area contributed by atoms with Gasteiger partial charge >= 0.3 is 0 Å². The largest absolute Gasteiger partial charge is 0.385 e. The predicted molar refractivity (Wildman–Crippen MR) is 78.7 cm³/mol. The van der Waals surface area contributed by atoms with E-state index in [0.29, 0.717) is 18.0 Å². The summed E-state index contributed by atoms with van der Waals surface area (Å²) in [7, 11) is 0. The number of nitrogens with zero attached hydrogens (tertiary/aromatic N) is 1. The molecule has 0 aliphatic carbocycles. The Morgan fingerprint density at radius 2 is 2.25 bits per heavy atom. The van der Waals surface area contributed by atoms with E-state index >= 15 is 0 Å². The highest BCUT2D eigenvalue weighted by molar-refractivity contribution is 7.11. The van der Waals surface area contributed by atoms with Crippen molar-refractivity contribution >= 4 is 22.9 Å². The Labute approximate surface area is 121 Å². The first-order valence-electron chi connectivity index (χ1n) is 6.34. The second kappa shape index (κ2) is 7.00. The van der Waals surface area contributed by atoms with Crippen LogP contribution in [0.15, 0.2) is 29.8 Å². The second-order valence-corrected chi connectivity index (χ2v) is 5.17. The molecule has 2 rings (SSSR count). The highest BCUT2D eigenvalue weighted by Gasteiger charge is 2.10. The smallest absolute Gasteiger partial charge is 0.263 e. The Balaban J connectivity index is 1.67. The van der Waals surface area contributed by atoms with Gasteiger partial charge in [0.05, 0.1) is 11.2 Å². The number of carbonyl (C=O) groups excluding carboxylic acids is 1. The molecule has 1 amide bonds. The van der Waals surface area contributed by atoms with E-state index in [4.69, 9.17) is 0 Å². The number of benzene rings is 1. The standard InChI is InChI=1S/C14H16FN3OS/c1-10-13(20-9-18-10)14(19)17-7-3-6-16-12-5-2-4-11(15)8-12/h2,4-5,8-9,16H,3,6-7H2,1H3,(H,17,19). The van der Waals surface area contributed by atoms with Crippen LogP contribution in [-0.4, -0.2) is 24.0 Å². The van der Waals surface area contributed by atoms with Crippen molar-refractivity contribution < 1.29 is 9.18 Å². The van der Waals surface area contributed by atoms with Crippen LogP contribution in [-0.2, 0) is 0 Å². The summed E-state index contributed by atoms with van der Waals surface area (Å²) in [5, 5.41) is 5.95. The molecule has 0 aliphatic heterocycles. The zero-order valence-electron chi connectivity index (χ0n) is 11.1. The number of halogens is 1. The number of thiazole rings is 1.